The molecule has 1 aromatic heterocycles. The number of carbonyl (C=O) groups is 2. The Morgan fingerprint density at radius 3 is 2.17 bits per heavy atom. The van der Waals surface area contributed by atoms with Gasteiger partial charge >= 0.3 is 0 Å². The molecule has 2 aromatic rings. The molecule has 3 nitrogen and oxygen atoms in total. The summed E-state index contributed by atoms with van der Waals surface area (Å²) in [5.74, 6) is 0.337. The van der Waals surface area contributed by atoms with Gasteiger partial charge in [0.05, 0.1) is 11.3 Å². The minimum Gasteiger partial charge on any atom is -0.336 e. The quantitative estimate of drug-likeness (QED) is 0.478. The van der Waals surface area contributed by atoms with Gasteiger partial charge < -0.3 is 4.90 Å². The van der Waals surface area contributed by atoms with Gasteiger partial charge in [-0.25, -0.2) is 0 Å². The van der Waals surface area contributed by atoms with Crippen LogP contribution in [0.5, 0.6) is 0 Å². The maximum atomic E-state index is 13.6. The van der Waals surface area contributed by atoms with Crippen LogP contribution in [-0.2, 0) is 11.2 Å². The second-order valence-corrected chi connectivity index (χ2v) is 10.5. The van der Waals surface area contributed by atoms with E-state index in [0.717, 1.165) is 59.1 Å². The number of rotatable bonds is 7. The molecule has 0 N–H and O–H groups in total. The molecule has 0 bridgehead atoms. The molecule has 1 aliphatic rings. The third-order valence-corrected chi connectivity index (χ3v) is 7.28. The minimum atomic E-state index is -0.457. The number of thiophene rings is 1. The summed E-state index contributed by atoms with van der Waals surface area (Å²) in [5.41, 5.74) is 0.481. The lowest BCUT2D eigenvalue weighted by molar-refractivity contribution is -0.133. The van der Waals surface area contributed by atoms with Gasteiger partial charge in [0.15, 0.2) is 5.78 Å². The van der Waals surface area contributed by atoms with E-state index in [1.54, 1.807) is 11.3 Å². The minimum absolute atomic E-state index is 0.137. The maximum absolute atomic E-state index is 13.6. The second-order valence-electron chi connectivity index (χ2n) is 9.43. The normalized spacial score (nSPS) is 19.8. The van der Waals surface area contributed by atoms with Crippen LogP contribution in [0.2, 0.25) is 0 Å². The zero-order valence-electron chi connectivity index (χ0n) is 18.6. The zero-order valence-corrected chi connectivity index (χ0v) is 19.4. The van der Waals surface area contributed by atoms with E-state index in [1.165, 1.54) is 0 Å². The Balaban J connectivity index is 1.97. The predicted molar refractivity (Wildman–Crippen MR) is 123 cm³/mol. The number of carbonyl (C=O) groups excluding carboxylic acids is 2. The SMILES string of the molecule is CCC[C@@H]1CC[C@@H](CCC)N1C(=O)Cc1c(C(=O)C(C)(C)C)sc2ccccc12. The monoisotopic (exact) mass is 413 g/mol. The number of nitrogens with zero attached hydrogens (tertiary/aromatic N) is 1. The van der Waals surface area contributed by atoms with Crippen LogP contribution in [0, 0.1) is 5.41 Å². The fourth-order valence-electron chi connectivity index (χ4n) is 4.64. The molecule has 1 amide bonds. The van der Waals surface area contributed by atoms with Crippen molar-refractivity contribution in [3.63, 3.8) is 0 Å². The third-order valence-electron chi connectivity index (χ3n) is 6.07. The molecule has 4 heteroatoms. The van der Waals surface area contributed by atoms with Gasteiger partial charge in [-0.3, -0.25) is 9.59 Å². The van der Waals surface area contributed by atoms with Crippen molar-refractivity contribution in [1.82, 2.24) is 4.90 Å². The van der Waals surface area contributed by atoms with Crippen molar-refractivity contribution in [1.29, 1.82) is 0 Å². The fraction of sp³-hybridized carbons (Fsp3) is 0.600. The van der Waals surface area contributed by atoms with Crippen molar-refractivity contribution < 1.29 is 9.59 Å². The molecule has 1 fully saturated rings. The second kappa shape index (κ2) is 8.99. The first-order valence-corrected chi connectivity index (χ1v) is 12.0. The summed E-state index contributed by atoms with van der Waals surface area (Å²) in [6.45, 7) is 10.3. The topological polar surface area (TPSA) is 37.4 Å². The molecule has 0 radical (unpaired) electrons. The van der Waals surface area contributed by atoms with E-state index < -0.39 is 5.41 Å². The van der Waals surface area contributed by atoms with Crippen LogP contribution in [0.3, 0.4) is 0 Å². The Bertz CT molecular complexity index is 863. The van der Waals surface area contributed by atoms with Crippen molar-refractivity contribution in [2.24, 2.45) is 5.41 Å². The molecule has 0 spiro atoms. The Labute approximate surface area is 179 Å². The van der Waals surface area contributed by atoms with Crippen LogP contribution < -0.4 is 0 Å². The molecule has 0 unspecified atom stereocenters. The number of fused-ring (bicyclic) bond motifs is 1. The standard InChI is InChI=1S/C25H35NO2S/c1-6-10-17-14-15-18(11-7-2)26(17)22(27)16-20-19-12-8-9-13-21(19)29-23(20)24(28)25(3,4)5/h8-9,12-13,17-18H,6-7,10-11,14-16H2,1-5H3/t17-,18-/m1/s1. The summed E-state index contributed by atoms with van der Waals surface area (Å²) >= 11 is 1.55. The average molecular weight is 414 g/mol. The van der Waals surface area contributed by atoms with Crippen molar-refractivity contribution in [2.45, 2.75) is 91.6 Å². The van der Waals surface area contributed by atoms with E-state index in [1.807, 2.05) is 32.9 Å². The van der Waals surface area contributed by atoms with E-state index in [0.29, 0.717) is 18.5 Å². The van der Waals surface area contributed by atoms with Gasteiger partial charge in [0.1, 0.15) is 0 Å². The Morgan fingerprint density at radius 1 is 1.03 bits per heavy atom. The molecule has 158 valence electrons. The molecular formula is C25H35NO2S. The van der Waals surface area contributed by atoms with Crippen molar-refractivity contribution in [3.05, 3.63) is 34.7 Å². The van der Waals surface area contributed by atoms with E-state index in [9.17, 15) is 9.59 Å². The Kier molecular flexibility index (Phi) is 6.83. The number of Topliss-reactive ketones (excluding diaryl/α,β-unsaturated/α-hetero) is 1. The number of likely N-dealkylation sites (tertiary alicyclic amines) is 1. The highest BCUT2D eigenvalue weighted by molar-refractivity contribution is 7.21. The highest BCUT2D eigenvalue weighted by atomic mass is 32.1. The summed E-state index contributed by atoms with van der Waals surface area (Å²) in [5, 5.41) is 1.07. The lowest BCUT2D eigenvalue weighted by Crippen LogP contribution is -2.42. The highest BCUT2D eigenvalue weighted by Gasteiger charge is 2.37. The van der Waals surface area contributed by atoms with Crippen LogP contribution in [0.4, 0.5) is 0 Å². The number of hydrogen-bond donors (Lipinski definition) is 0. The van der Waals surface area contributed by atoms with Gasteiger partial charge in [0, 0.05) is 22.2 Å². The van der Waals surface area contributed by atoms with Crippen LogP contribution in [0.15, 0.2) is 24.3 Å². The summed E-state index contributed by atoms with van der Waals surface area (Å²) in [6, 6.07) is 8.84. The molecule has 2 atom stereocenters. The fourth-order valence-corrected chi connectivity index (χ4v) is 6.01. The smallest absolute Gasteiger partial charge is 0.227 e. The maximum Gasteiger partial charge on any atom is 0.227 e. The number of ketones is 1. The number of benzene rings is 1. The van der Waals surface area contributed by atoms with E-state index in [2.05, 4.69) is 30.9 Å². The van der Waals surface area contributed by atoms with Gasteiger partial charge in [-0.1, -0.05) is 65.7 Å². The van der Waals surface area contributed by atoms with E-state index in [4.69, 9.17) is 0 Å². The van der Waals surface area contributed by atoms with E-state index >= 15 is 0 Å². The van der Waals surface area contributed by atoms with Gasteiger partial charge in [0.2, 0.25) is 5.91 Å². The first kappa shape index (κ1) is 22.0. The molecule has 0 aliphatic carbocycles. The van der Waals surface area contributed by atoms with Crippen molar-refractivity contribution in [3.8, 4) is 0 Å². The zero-order chi connectivity index (χ0) is 21.2. The van der Waals surface area contributed by atoms with Crippen LogP contribution in [-0.4, -0.2) is 28.7 Å². The van der Waals surface area contributed by atoms with Crippen LogP contribution >= 0.6 is 11.3 Å². The largest absolute Gasteiger partial charge is 0.336 e. The molecule has 0 saturated carbocycles. The van der Waals surface area contributed by atoms with E-state index in [-0.39, 0.29) is 11.7 Å². The average Bonchev–Trinajstić information content (AvgIpc) is 3.23. The lowest BCUT2D eigenvalue weighted by atomic mass is 9.88. The Hall–Kier alpha value is -1.68. The van der Waals surface area contributed by atoms with Gasteiger partial charge in [0.25, 0.3) is 0 Å². The third kappa shape index (κ3) is 4.58. The molecule has 1 aliphatic heterocycles. The molecule has 29 heavy (non-hydrogen) atoms. The summed E-state index contributed by atoms with van der Waals surface area (Å²) in [7, 11) is 0. The first-order valence-electron chi connectivity index (χ1n) is 11.1. The van der Waals surface area contributed by atoms with Crippen molar-refractivity contribution >= 4 is 33.1 Å². The van der Waals surface area contributed by atoms with Gasteiger partial charge in [-0.2, -0.15) is 0 Å². The van der Waals surface area contributed by atoms with Gasteiger partial charge in [-0.15, -0.1) is 11.3 Å². The number of hydrogen-bond acceptors (Lipinski definition) is 3. The summed E-state index contributed by atoms with van der Waals surface area (Å²) < 4.78 is 1.10. The summed E-state index contributed by atoms with van der Waals surface area (Å²) in [6.07, 6.45) is 6.91. The van der Waals surface area contributed by atoms with Gasteiger partial charge in [-0.05, 0) is 42.7 Å². The molecule has 3 rings (SSSR count). The van der Waals surface area contributed by atoms with Crippen molar-refractivity contribution in [2.75, 3.05) is 0 Å². The number of amides is 1. The molecular weight excluding hydrogens is 378 g/mol. The highest BCUT2D eigenvalue weighted by Crippen LogP contribution is 2.37. The molecule has 2 heterocycles. The van der Waals surface area contributed by atoms with Crippen LogP contribution in [0.1, 0.15) is 88.4 Å². The summed E-state index contributed by atoms with van der Waals surface area (Å²) in [4.78, 5) is 29.7. The predicted octanol–water partition coefficient (Wildman–Crippen LogP) is 6.63. The molecule has 1 aromatic carbocycles. The Morgan fingerprint density at radius 2 is 1.62 bits per heavy atom. The molecule has 1 saturated heterocycles. The first-order chi connectivity index (χ1) is 13.8. The van der Waals surface area contributed by atoms with Crippen LogP contribution in [0.25, 0.3) is 10.1 Å². The lowest BCUT2D eigenvalue weighted by Gasteiger charge is -2.31.